The predicted molar refractivity (Wildman–Crippen MR) is 107 cm³/mol. The highest BCUT2D eigenvalue weighted by molar-refractivity contribution is 5.94. The van der Waals surface area contributed by atoms with Crippen LogP contribution in [0.3, 0.4) is 0 Å². The molecule has 8 nitrogen and oxygen atoms in total. The number of nitrogens with zero attached hydrogens (tertiary/aromatic N) is 3. The van der Waals surface area contributed by atoms with Crippen LogP contribution in [0.5, 0.6) is 0 Å². The van der Waals surface area contributed by atoms with Gasteiger partial charge in [0.05, 0.1) is 34.8 Å². The topological polar surface area (TPSA) is 109 Å². The lowest BCUT2D eigenvalue weighted by molar-refractivity contribution is -0.146. The van der Waals surface area contributed by atoms with Gasteiger partial charge >= 0.3 is 6.18 Å². The summed E-state index contributed by atoms with van der Waals surface area (Å²) in [6.45, 7) is -0.168. The van der Waals surface area contributed by atoms with Crippen molar-refractivity contribution in [1.82, 2.24) is 25.3 Å². The summed E-state index contributed by atoms with van der Waals surface area (Å²) >= 11 is 0. The predicted octanol–water partition coefficient (Wildman–Crippen LogP) is 2.90. The number of hydrogen-bond donors (Lipinski definition) is 3. The van der Waals surface area contributed by atoms with Crippen molar-refractivity contribution in [2.45, 2.75) is 38.0 Å². The van der Waals surface area contributed by atoms with Crippen molar-refractivity contribution in [3.8, 4) is 0 Å². The van der Waals surface area contributed by atoms with E-state index in [1.54, 1.807) is 23.7 Å². The van der Waals surface area contributed by atoms with Gasteiger partial charge < -0.3 is 9.88 Å². The Morgan fingerprint density at radius 3 is 2.62 bits per heavy atom. The molecule has 1 aromatic carbocycles. The summed E-state index contributed by atoms with van der Waals surface area (Å²) in [5, 5.41) is 11.6. The molecule has 4 rings (SSSR count). The molecule has 0 spiro atoms. The number of imidazole rings is 1. The van der Waals surface area contributed by atoms with Crippen molar-refractivity contribution in [1.29, 1.82) is 0 Å². The maximum absolute atomic E-state index is 13.5. The molecule has 1 aliphatic rings. The van der Waals surface area contributed by atoms with Crippen LogP contribution >= 0.6 is 0 Å². The number of amides is 2. The first-order chi connectivity index (χ1) is 15.3. The van der Waals surface area contributed by atoms with E-state index in [1.807, 2.05) is 0 Å². The molecule has 0 unspecified atom stereocenters. The van der Waals surface area contributed by atoms with Crippen LogP contribution in [-0.4, -0.2) is 37.6 Å². The number of hydrogen-bond acceptors (Lipinski definition) is 5. The Kier molecular flexibility index (Phi) is 5.83. The lowest BCUT2D eigenvalue weighted by atomic mass is 10.0. The number of pyridine rings is 1. The third-order valence-electron chi connectivity index (χ3n) is 5.59. The molecule has 3 N–H and O–H groups in total. The third-order valence-corrected chi connectivity index (χ3v) is 5.59. The molecule has 1 aliphatic carbocycles. The maximum atomic E-state index is 13.5. The van der Waals surface area contributed by atoms with Gasteiger partial charge in [0, 0.05) is 12.2 Å². The third kappa shape index (κ3) is 4.28. The molecule has 0 saturated heterocycles. The molecule has 11 heteroatoms. The van der Waals surface area contributed by atoms with Crippen molar-refractivity contribution in [2.75, 3.05) is 0 Å². The fourth-order valence-electron chi connectivity index (χ4n) is 4.05. The second-order valence-corrected chi connectivity index (χ2v) is 7.64. The van der Waals surface area contributed by atoms with Gasteiger partial charge in [0.15, 0.2) is 0 Å². The lowest BCUT2D eigenvalue weighted by Gasteiger charge is -2.19. The Balaban J connectivity index is 1.51. The van der Waals surface area contributed by atoms with Crippen LogP contribution in [0.25, 0.3) is 11.0 Å². The maximum Gasteiger partial charge on any atom is 0.449 e. The van der Waals surface area contributed by atoms with Crippen LogP contribution in [0.4, 0.5) is 13.2 Å². The molecular formula is C21H20F3N5O3. The number of nitrogens with one attached hydrogen (secondary N) is 2. The number of fused-ring (bicyclic) bond motifs is 1. The van der Waals surface area contributed by atoms with E-state index in [1.165, 1.54) is 24.4 Å². The lowest BCUT2D eigenvalue weighted by Crippen LogP contribution is -2.43. The van der Waals surface area contributed by atoms with E-state index in [2.05, 4.69) is 15.3 Å². The van der Waals surface area contributed by atoms with E-state index >= 15 is 0 Å². The number of carbonyl (C=O) groups is 2. The Morgan fingerprint density at radius 1 is 1.16 bits per heavy atom. The molecule has 0 bridgehead atoms. The van der Waals surface area contributed by atoms with Gasteiger partial charge in [0.1, 0.15) is 0 Å². The van der Waals surface area contributed by atoms with Gasteiger partial charge in [0.25, 0.3) is 5.91 Å². The number of rotatable bonds is 5. The van der Waals surface area contributed by atoms with Crippen LogP contribution in [0.2, 0.25) is 0 Å². The van der Waals surface area contributed by atoms with Crippen LogP contribution in [0.15, 0.2) is 42.6 Å². The minimum atomic E-state index is -4.63. The largest absolute Gasteiger partial charge is 0.449 e. The second-order valence-electron chi connectivity index (χ2n) is 7.64. The fraction of sp³-hybridized carbons (Fsp3) is 0.333. The molecule has 2 amide bonds. The molecule has 0 aliphatic heterocycles. The quantitative estimate of drug-likeness (QED) is 0.412. The zero-order valence-electron chi connectivity index (χ0n) is 16.8. The molecule has 1 saturated carbocycles. The molecule has 2 heterocycles. The zero-order valence-corrected chi connectivity index (χ0v) is 16.8. The number of alkyl halides is 3. The highest BCUT2D eigenvalue weighted by atomic mass is 19.4. The first kappa shape index (κ1) is 21.8. The molecule has 2 atom stereocenters. The van der Waals surface area contributed by atoms with Crippen LogP contribution in [0, 0.1) is 5.92 Å². The molecule has 32 heavy (non-hydrogen) atoms. The molecule has 168 valence electrons. The first-order valence-corrected chi connectivity index (χ1v) is 10.00. The first-order valence-electron chi connectivity index (χ1n) is 10.00. The minimum absolute atomic E-state index is 0.168. The highest BCUT2D eigenvalue weighted by Gasteiger charge is 2.38. The number of aromatic nitrogens is 3. The summed E-state index contributed by atoms with van der Waals surface area (Å²) in [5.41, 5.74) is 2.72. The number of halogens is 3. The number of carbonyl (C=O) groups excluding carboxylic acids is 2. The van der Waals surface area contributed by atoms with Crippen LogP contribution in [-0.2, 0) is 17.5 Å². The van der Waals surface area contributed by atoms with Crippen molar-refractivity contribution < 1.29 is 28.0 Å². The number of para-hydroxylation sites is 2. The van der Waals surface area contributed by atoms with E-state index in [9.17, 15) is 22.8 Å². The summed E-state index contributed by atoms with van der Waals surface area (Å²) < 4.78 is 41.4. The average Bonchev–Trinajstić information content (AvgIpc) is 3.38. The van der Waals surface area contributed by atoms with Gasteiger partial charge in [-0.15, -0.1) is 0 Å². The second kappa shape index (κ2) is 8.58. The Labute approximate surface area is 180 Å². The normalized spacial score (nSPS) is 18.6. The highest BCUT2D eigenvalue weighted by Crippen LogP contribution is 2.32. The summed E-state index contributed by atoms with van der Waals surface area (Å²) in [6.07, 6.45) is -1.45. The van der Waals surface area contributed by atoms with E-state index in [0.29, 0.717) is 24.1 Å². The van der Waals surface area contributed by atoms with Gasteiger partial charge in [-0.3, -0.25) is 19.8 Å². The van der Waals surface area contributed by atoms with E-state index < -0.39 is 35.8 Å². The van der Waals surface area contributed by atoms with E-state index in [0.717, 1.165) is 11.0 Å². The van der Waals surface area contributed by atoms with E-state index in [-0.39, 0.29) is 17.6 Å². The molecule has 0 radical (unpaired) electrons. The Morgan fingerprint density at radius 2 is 1.94 bits per heavy atom. The molecule has 2 aromatic heterocycles. The molecule has 1 fully saturated rings. The average molecular weight is 447 g/mol. The summed E-state index contributed by atoms with van der Waals surface area (Å²) in [6, 6.07) is 8.85. The Bertz CT molecular complexity index is 1140. The van der Waals surface area contributed by atoms with Crippen LogP contribution in [0.1, 0.15) is 41.1 Å². The molecular weight excluding hydrogens is 427 g/mol. The minimum Gasteiger partial charge on any atom is -0.348 e. The fourth-order valence-corrected chi connectivity index (χ4v) is 4.05. The van der Waals surface area contributed by atoms with Crippen molar-refractivity contribution in [2.24, 2.45) is 5.92 Å². The van der Waals surface area contributed by atoms with Gasteiger partial charge in [0.2, 0.25) is 11.7 Å². The van der Waals surface area contributed by atoms with Crippen molar-refractivity contribution in [3.05, 3.63) is 59.7 Å². The summed E-state index contributed by atoms with van der Waals surface area (Å²) in [5.74, 6) is -2.53. The Hall–Kier alpha value is -3.47. The van der Waals surface area contributed by atoms with Gasteiger partial charge in [-0.25, -0.2) is 10.5 Å². The molecule has 3 aromatic rings. The smallest absolute Gasteiger partial charge is 0.348 e. The number of benzene rings is 1. The zero-order chi connectivity index (χ0) is 22.9. The standard InChI is InChI=1S/C21H20F3N5O3/c22-21(23,24)20-27-16-5-1-2-7-17(16)29(20)11-13-9-8-12(10-25-13)18(30)26-15-6-3-4-14(15)19(31)28-32/h1-2,5,7-10,14-15,32H,3-4,6,11H2,(H,26,30)(H,28,31)/t14-,15+/m1/s1. The van der Waals surface area contributed by atoms with Crippen molar-refractivity contribution in [3.63, 3.8) is 0 Å². The summed E-state index contributed by atoms with van der Waals surface area (Å²) in [7, 11) is 0. The summed E-state index contributed by atoms with van der Waals surface area (Å²) in [4.78, 5) is 32.1. The van der Waals surface area contributed by atoms with Crippen LogP contribution < -0.4 is 10.8 Å². The van der Waals surface area contributed by atoms with Gasteiger partial charge in [-0.05, 0) is 37.1 Å². The van der Waals surface area contributed by atoms with E-state index in [4.69, 9.17) is 5.21 Å². The number of hydroxylamine groups is 1. The van der Waals surface area contributed by atoms with Gasteiger partial charge in [-0.2, -0.15) is 13.2 Å². The SMILES string of the molecule is O=C(N[C@H]1CCC[C@H]1C(=O)NO)c1ccc(Cn2c(C(F)(F)F)nc3ccccc32)nc1. The van der Waals surface area contributed by atoms with Gasteiger partial charge in [-0.1, -0.05) is 18.6 Å². The monoisotopic (exact) mass is 447 g/mol. The van der Waals surface area contributed by atoms with Crippen molar-refractivity contribution >= 4 is 22.8 Å².